The summed E-state index contributed by atoms with van der Waals surface area (Å²) >= 11 is 0. The fraction of sp³-hybridized carbons (Fsp3) is 0.917. The molecule has 2 aliphatic carbocycles. The van der Waals surface area contributed by atoms with Crippen molar-refractivity contribution in [3.63, 3.8) is 0 Å². The van der Waals surface area contributed by atoms with E-state index in [-0.39, 0.29) is 0 Å². The van der Waals surface area contributed by atoms with Crippen LogP contribution in [0.2, 0.25) is 0 Å². The topological polar surface area (TPSA) is 29.1 Å². The maximum absolute atomic E-state index is 11.7. The van der Waals surface area contributed by atoms with E-state index in [1.54, 1.807) is 0 Å². The zero-order valence-electron chi connectivity index (χ0n) is 8.67. The SMILES string of the molecule is O=C(CC1NCC2CCCC21)C1CC1. The number of hydrogen-bond donors (Lipinski definition) is 1. The third-order valence-corrected chi connectivity index (χ3v) is 4.33. The van der Waals surface area contributed by atoms with Gasteiger partial charge in [-0.25, -0.2) is 0 Å². The van der Waals surface area contributed by atoms with Crippen LogP contribution in [0.5, 0.6) is 0 Å². The Bertz CT molecular complexity index is 247. The highest BCUT2D eigenvalue weighted by atomic mass is 16.1. The van der Waals surface area contributed by atoms with E-state index in [0.717, 1.165) is 18.3 Å². The number of ketones is 1. The minimum absolute atomic E-state index is 0.456. The highest BCUT2D eigenvalue weighted by molar-refractivity contribution is 5.83. The average molecular weight is 193 g/mol. The molecule has 0 amide bonds. The summed E-state index contributed by atoms with van der Waals surface area (Å²) in [5.74, 6) is 2.72. The molecule has 2 heteroatoms. The molecule has 0 aromatic carbocycles. The van der Waals surface area contributed by atoms with Gasteiger partial charge in [0.1, 0.15) is 5.78 Å². The van der Waals surface area contributed by atoms with Gasteiger partial charge < -0.3 is 5.32 Å². The highest BCUT2D eigenvalue weighted by Crippen LogP contribution is 2.40. The average Bonchev–Trinajstić information content (AvgIpc) is 2.81. The van der Waals surface area contributed by atoms with Crippen LogP contribution in [0.4, 0.5) is 0 Å². The minimum Gasteiger partial charge on any atom is -0.313 e. The van der Waals surface area contributed by atoms with Crippen LogP contribution in [-0.4, -0.2) is 18.4 Å². The van der Waals surface area contributed by atoms with Crippen LogP contribution >= 0.6 is 0 Å². The standard InChI is InChI=1S/C12H19NO/c14-12(8-4-5-8)6-11-10-3-1-2-9(10)7-13-11/h8-11,13H,1-7H2. The first-order valence-corrected chi connectivity index (χ1v) is 6.10. The lowest BCUT2D eigenvalue weighted by Crippen LogP contribution is -2.30. The first-order chi connectivity index (χ1) is 6.84. The molecule has 0 radical (unpaired) electrons. The molecule has 2 saturated carbocycles. The van der Waals surface area contributed by atoms with Gasteiger partial charge in [-0.1, -0.05) is 6.42 Å². The van der Waals surface area contributed by atoms with E-state index < -0.39 is 0 Å². The Kier molecular flexibility index (Phi) is 2.12. The molecule has 3 rings (SSSR count). The summed E-state index contributed by atoms with van der Waals surface area (Å²) in [5.41, 5.74) is 0. The summed E-state index contributed by atoms with van der Waals surface area (Å²) in [4.78, 5) is 11.7. The number of carbonyl (C=O) groups excluding carboxylic acids is 1. The van der Waals surface area contributed by atoms with Crippen molar-refractivity contribution >= 4 is 5.78 Å². The second-order valence-corrected chi connectivity index (χ2v) is 5.31. The van der Waals surface area contributed by atoms with E-state index in [2.05, 4.69) is 5.32 Å². The van der Waals surface area contributed by atoms with Crippen molar-refractivity contribution < 1.29 is 4.79 Å². The van der Waals surface area contributed by atoms with Gasteiger partial charge in [0.25, 0.3) is 0 Å². The lowest BCUT2D eigenvalue weighted by Gasteiger charge is -2.17. The number of nitrogens with one attached hydrogen (secondary N) is 1. The van der Waals surface area contributed by atoms with Crippen molar-refractivity contribution in [3.05, 3.63) is 0 Å². The van der Waals surface area contributed by atoms with Crippen LogP contribution in [0.1, 0.15) is 38.5 Å². The predicted octanol–water partition coefficient (Wildman–Crippen LogP) is 1.74. The maximum atomic E-state index is 11.7. The molecule has 1 saturated heterocycles. The van der Waals surface area contributed by atoms with Crippen LogP contribution in [0, 0.1) is 17.8 Å². The fourth-order valence-electron chi connectivity index (χ4n) is 3.32. The fourth-order valence-corrected chi connectivity index (χ4v) is 3.32. The Morgan fingerprint density at radius 3 is 2.86 bits per heavy atom. The molecule has 2 nitrogen and oxygen atoms in total. The third-order valence-electron chi connectivity index (χ3n) is 4.33. The van der Waals surface area contributed by atoms with Crippen molar-refractivity contribution in [2.45, 2.75) is 44.6 Å². The Balaban J connectivity index is 1.59. The second kappa shape index (κ2) is 3.34. The molecule has 1 N–H and O–H groups in total. The Morgan fingerprint density at radius 2 is 2.07 bits per heavy atom. The molecule has 3 atom stereocenters. The number of fused-ring (bicyclic) bond motifs is 1. The lowest BCUT2D eigenvalue weighted by atomic mass is 9.90. The quantitative estimate of drug-likeness (QED) is 0.739. The van der Waals surface area contributed by atoms with Crippen LogP contribution in [-0.2, 0) is 4.79 Å². The largest absolute Gasteiger partial charge is 0.313 e. The normalized spacial score (nSPS) is 41.3. The third kappa shape index (κ3) is 1.50. The summed E-state index contributed by atoms with van der Waals surface area (Å²) in [7, 11) is 0. The number of carbonyl (C=O) groups is 1. The van der Waals surface area contributed by atoms with Gasteiger partial charge in [-0.15, -0.1) is 0 Å². The summed E-state index contributed by atoms with van der Waals surface area (Å²) in [6.07, 6.45) is 7.31. The monoisotopic (exact) mass is 193 g/mol. The van der Waals surface area contributed by atoms with Crippen molar-refractivity contribution in [3.8, 4) is 0 Å². The minimum atomic E-state index is 0.456. The Morgan fingerprint density at radius 1 is 1.21 bits per heavy atom. The van der Waals surface area contributed by atoms with Gasteiger partial charge in [-0.3, -0.25) is 4.79 Å². The van der Waals surface area contributed by atoms with E-state index in [4.69, 9.17) is 0 Å². The predicted molar refractivity (Wildman–Crippen MR) is 55.0 cm³/mol. The van der Waals surface area contributed by atoms with Crippen molar-refractivity contribution in [2.75, 3.05) is 6.54 Å². The lowest BCUT2D eigenvalue weighted by molar-refractivity contribution is -0.120. The molecule has 0 spiro atoms. The molecular weight excluding hydrogens is 174 g/mol. The molecule has 3 fully saturated rings. The zero-order chi connectivity index (χ0) is 9.54. The summed E-state index contributed by atoms with van der Waals surface area (Å²) in [5, 5.41) is 3.55. The van der Waals surface area contributed by atoms with E-state index in [9.17, 15) is 4.79 Å². The first-order valence-electron chi connectivity index (χ1n) is 6.10. The number of Topliss-reactive ketones (excluding diaryl/α,β-unsaturated/α-hetero) is 1. The summed E-state index contributed by atoms with van der Waals surface area (Å²) < 4.78 is 0. The van der Waals surface area contributed by atoms with Crippen molar-refractivity contribution in [1.82, 2.24) is 5.32 Å². The smallest absolute Gasteiger partial charge is 0.137 e. The van der Waals surface area contributed by atoms with Gasteiger partial charge in [0.15, 0.2) is 0 Å². The molecule has 78 valence electrons. The molecule has 0 aromatic heterocycles. The van der Waals surface area contributed by atoms with Gasteiger partial charge in [-0.05, 0) is 44.1 Å². The molecular formula is C12H19NO. The van der Waals surface area contributed by atoms with Crippen molar-refractivity contribution in [1.29, 1.82) is 0 Å². The van der Waals surface area contributed by atoms with E-state index >= 15 is 0 Å². The molecule has 1 aliphatic heterocycles. The zero-order valence-corrected chi connectivity index (χ0v) is 8.67. The molecule has 0 bridgehead atoms. The second-order valence-electron chi connectivity index (χ2n) is 5.31. The Hall–Kier alpha value is -0.370. The molecule has 1 heterocycles. The van der Waals surface area contributed by atoms with Gasteiger partial charge in [0.2, 0.25) is 0 Å². The van der Waals surface area contributed by atoms with Crippen LogP contribution in [0.3, 0.4) is 0 Å². The van der Waals surface area contributed by atoms with Crippen molar-refractivity contribution in [2.24, 2.45) is 17.8 Å². The summed E-state index contributed by atoms with van der Waals surface area (Å²) in [6, 6.07) is 0.538. The van der Waals surface area contributed by atoms with E-state index in [1.807, 2.05) is 0 Å². The first kappa shape index (κ1) is 8.90. The molecule has 14 heavy (non-hydrogen) atoms. The van der Waals surface area contributed by atoms with Crippen LogP contribution in [0.25, 0.3) is 0 Å². The number of hydrogen-bond acceptors (Lipinski definition) is 2. The van der Waals surface area contributed by atoms with Crippen LogP contribution < -0.4 is 5.32 Å². The van der Waals surface area contributed by atoms with E-state index in [1.165, 1.54) is 38.6 Å². The van der Waals surface area contributed by atoms with Crippen LogP contribution in [0.15, 0.2) is 0 Å². The van der Waals surface area contributed by atoms with Gasteiger partial charge in [0.05, 0.1) is 0 Å². The van der Waals surface area contributed by atoms with Gasteiger partial charge in [0, 0.05) is 18.4 Å². The molecule has 3 aliphatic rings. The number of rotatable bonds is 3. The van der Waals surface area contributed by atoms with Gasteiger partial charge >= 0.3 is 0 Å². The van der Waals surface area contributed by atoms with E-state index in [0.29, 0.717) is 17.7 Å². The maximum Gasteiger partial charge on any atom is 0.137 e. The van der Waals surface area contributed by atoms with Gasteiger partial charge in [-0.2, -0.15) is 0 Å². The molecule has 0 aromatic rings. The summed E-state index contributed by atoms with van der Waals surface area (Å²) in [6.45, 7) is 1.17. The highest BCUT2D eigenvalue weighted by Gasteiger charge is 2.41. The molecule has 3 unspecified atom stereocenters. The Labute approximate surface area is 85.4 Å².